The van der Waals surface area contributed by atoms with E-state index in [-0.39, 0.29) is 0 Å². The van der Waals surface area contributed by atoms with Gasteiger partial charge in [0, 0.05) is 17.5 Å². The Hall–Kier alpha value is -0.0900. The molecule has 1 fully saturated rings. The molecule has 0 aliphatic carbocycles. The van der Waals surface area contributed by atoms with Crippen LogP contribution in [-0.4, -0.2) is 31.1 Å². The van der Waals surface area contributed by atoms with Gasteiger partial charge in [-0.05, 0) is 45.1 Å². The van der Waals surface area contributed by atoms with Gasteiger partial charge in [0.15, 0.2) is 0 Å². The van der Waals surface area contributed by atoms with Crippen LogP contribution in [0.15, 0.2) is 12.1 Å². The Labute approximate surface area is 100 Å². The van der Waals surface area contributed by atoms with Crippen molar-refractivity contribution in [3.8, 4) is 0 Å². The summed E-state index contributed by atoms with van der Waals surface area (Å²) in [5.41, 5.74) is 0. The fourth-order valence-electron chi connectivity index (χ4n) is 1.90. The second-order valence-electron chi connectivity index (χ2n) is 4.16. The third-order valence-electron chi connectivity index (χ3n) is 2.91. The van der Waals surface area contributed by atoms with E-state index in [1.165, 1.54) is 30.8 Å². The van der Waals surface area contributed by atoms with Crippen LogP contribution < -0.4 is 5.32 Å². The van der Waals surface area contributed by atoms with Crippen LogP contribution in [0.1, 0.15) is 17.7 Å². The second-order valence-corrected chi connectivity index (χ2v) is 5.96. The molecule has 2 nitrogen and oxygen atoms in total. The van der Waals surface area contributed by atoms with Crippen LogP contribution in [0.25, 0.3) is 0 Å². The molecule has 1 aliphatic heterocycles. The highest BCUT2D eigenvalue weighted by molar-refractivity contribution is 7.16. The quantitative estimate of drug-likeness (QED) is 0.879. The molecule has 2 rings (SSSR count). The highest BCUT2D eigenvalue weighted by Crippen LogP contribution is 2.21. The van der Waals surface area contributed by atoms with Crippen molar-refractivity contribution < 1.29 is 0 Å². The molecule has 1 aliphatic rings. The fraction of sp³-hybridized carbons (Fsp3) is 0.636. The molecule has 0 amide bonds. The van der Waals surface area contributed by atoms with Gasteiger partial charge < -0.3 is 10.2 Å². The van der Waals surface area contributed by atoms with Crippen LogP contribution in [-0.2, 0) is 6.54 Å². The zero-order valence-corrected chi connectivity index (χ0v) is 10.6. The summed E-state index contributed by atoms with van der Waals surface area (Å²) < 4.78 is 0.884. The van der Waals surface area contributed by atoms with Gasteiger partial charge in [-0.25, -0.2) is 0 Å². The van der Waals surface area contributed by atoms with Gasteiger partial charge in [-0.15, -0.1) is 11.3 Å². The van der Waals surface area contributed by atoms with E-state index < -0.39 is 0 Å². The van der Waals surface area contributed by atoms with Gasteiger partial charge in [-0.2, -0.15) is 0 Å². The summed E-state index contributed by atoms with van der Waals surface area (Å²) in [5, 5.41) is 3.60. The maximum Gasteiger partial charge on any atom is 0.0931 e. The van der Waals surface area contributed by atoms with Crippen LogP contribution >= 0.6 is 22.9 Å². The van der Waals surface area contributed by atoms with E-state index in [0.717, 1.165) is 10.9 Å². The second kappa shape index (κ2) is 5.30. The average molecular weight is 245 g/mol. The first-order valence-electron chi connectivity index (χ1n) is 5.40. The van der Waals surface area contributed by atoms with Gasteiger partial charge in [0.25, 0.3) is 0 Å². The van der Waals surface area contributed by atoms with E-state index in [1.807, 2.05) is 6.07 Å². The Morgan fingerprint density at radius 3 is 2.80 bits per heavy atom. The number of likely N-dealkylation sites (tertiary alicyclic amines) is 1. The maximum absolute atomic E-state index is 5.89. The number of nitrogens with zero attached hydrogens (tertiary/aromatic N) is 1. The Balaban J connectivity index is 1.74. The van der Waals surface area contributed by atoms with Crippen LogP contribution in [0.4, 0.5) is 0 Å². The number of nitrogens with one attached hydrogen (secondary N) is 1. The summed E-state index contributed by atoms with van der Waals surface area (Å²) in [6.45, 7) is 3.39. The average Bonchev–Trinajstić information content (AvgIpc) is 2.64. The van der Waals surface area contributed by atoms with E-state index in [9.17, 15) is 0 Å². The van der Waals surface area contributed by atoms with Crippen molar-refractivity contribution in [2.75, 3.05) is 20.1 Å². The smallest absolute Gasteiger partial charge is 0.0931 e. The zero-order chi connectivity index (χ0) is 10.7. The molecule has 1 N–H and O–H groups in total. The van der Waals surface area contributed by atoms with Crippen molar-refractivity contribution in [1.82, 2.24) is 10.2 Å². The third-order valence-corrected chi connectivity index (χ3v) is 4.14. The van der Waals surface area contributed by atoms with Crippen LogP contribution in [0.2, 0.25) is 4.34 Å². The molecule has 0 radical (unpaired) electrons. The minimum atomic E-state index is 0.682. The Morgan fingerprint density at radius 2 is 2.20 bits per heavy atom. The molecule has 0 saturated carbocycles. The van der Waals surface area contributed by atoms with Gasteiger partial charge in [-0.1, -0.05) is 11.6 Å². The van der Waals surface area contributed by atoms with Crippen molar-refractivity contribution in [3.63, 3.8) is 0 Å². The molecule has 1 saturated heterocycles. The highest BCUT2D eigenvalue weighted by Gasteiger charge is 2.15. The standard InChI is InChI=1S/C11H17ClN2S/c1-14-6-4-9(5-7-14)13-8-10-2-3-11(12)15-10/h2-3,9,13H,4-8H2,1H3. The number of piperidine rings is 1. The summed E-state index contributed by atoms with van der Waals surface area (Å²) in [6.07, 6.45) is 2.52. The van der Waals surface area contributed by atoms with E-state index >= 15 is 0 Å². The van der Waals surface area contributed by atoms with Crippen molar-refractivity contribution >= 4 is 22.9 Å². The number of halogens is 1. The Bertz CT molecular complexity index is 305. The van der Waals surface area contributed by atoms with Crippen LogP contribution in [0.3, 0.4) is 0 Å². The van der Waals surface area contributed by atoms with Crippen molar-refractivity contribution in [2.24, 2.45) is 0 Å². The van der Waals surface area contributed by atoms with Gasteiger partial charge in [0.1, 0.15) is 0 Å². The number of rotatable bonds is 3. The van der Waals surface area contributed by atoms with E-state index in [2.05, 4.69) is 23.3 Å². The summed E-state index contributed by atoms with van der Waals surface area (Å²) in [7, 11) is 2.19. The molecule has 1 aromatic heterocycles. The lowest BCUT2D eigenvalue weighted by Gasteiger charge is -2.29. The number of thiophene rings is 1. The fourth-order valence-corrected chi connectivity index (χ4v) is 2.94. The number of hydrogen-bond acceptors (Lipinski definition) is 3. The largest absolute Gasteiger partial charge is 0.309 e. The van der Waals surface area contributed by atoms with Gasteiger partial charge >= 0.3 is 0 Å². The topological polar surface area (TPSA) is 15.3 Å². The summed E-state index contributed by atoms with van der Waals surface area (Å²) in [6, 6.07) is 4.76. The molecule has 0 unspecified atom stereocenters. The molecule has 2 heterocycles. The first kappa shape index (κ1) is 11.4. The maximum atomic E-state index is 5.89. The van der Waals surface area contributed by atoms with Crippen molar-refractivity contribution in [3.05, 3.63) is 21.3 Å². The Morgan fingerprint density at radius 1 is 1.47 bits per heavy atom. The molecule has 15 heavy (non-hydrogen) atoms. The summed E-state index contributed by atoms with van der Waals surface area (Å²) in [5.74, 6) is 0. The predicted octanol–water partition coefficient (Wildman–Crippen LogP) is 2.59. The predicted molar refractivity (Wildman–Crippen MR) is 66.7 cm³/mol. The normalized spacial score (nSPS) is 19.6. The summed E-state index contributed by atoms with van der Waals surface area (Å²) in [4.78, 5) is 3.72. The monoisotopic (exact) mass is 244 g/mol. The first-order valence-corrected chi connectivity index (χ1v) is 6.59. The minimum Gasteiger partial charge on any atom is -0.309 e. The molecule has 0 spiro atoms. The van der Waals surface area contributed by atoms with E-state index in [0.29, 0.717) is 6.04 Å². The van der Waals surface area contributed by atoms with Gasteiger partial charge in [0.05, 0.1) is 4.34 Å². The SMILES string of the molecule is CN1CCC(NCc2ccc(Cl)s2)CC1. The lowest BCUT2D eigenvalue weighted by molar-refractivity contribution is 0.234. The molecule has 1 aromatic rings. The lowest BCUT2D eigenvalue weighted by Crippen LogP contribution is -2.40. The minimum absolute atomic E-state index is 0.682. The van der Waals surface area contributed by atoms with Crippen molar-refractivity contribution in [1.29, 1.82) is 0 Å². The van der Waals surface area contributed by atoms with Gasteiger partial charge in [-0.3, -0.25) is 0 Å². The van der Waals surface area contributed by atoms with E-state index in [1.54, 1.807) is 11.3 Å². The lowest BCUT2D eigenvalue weighted by atomic mass is 10.1. The summed E-state index contributed by atoms with van der Waals surface area (Å²) >= 11 is 7.55. The van der Waals surface area contributed by atoms with Crippen LogP contribution in [0, 0.1) is 0 Å². The molecule has 84 valence electrons. The van der Waals surface area contributed by atoms with Crippen molar-refractivity contribution in [2.45, 2.75) is 25.4 Å². The third kappa shape index (κ3) is 3.45. The molecule has 0 aromatic carbocycles. The molecule has 4 heteroatoms. The molecular weight excluding hydrogens is 228 g/mol. The Kier molecular flexibility index (Phi) is 4.03. The molecule has 0 atom stereocenters. The zero-order valence-electron chi connectivity index (χ0n) is 9.00. The highest BCUT2D eigenvalue weighted by atomic mass is 35.5. The van der Waals surface area contributed by atoms with E-state index in [4.69, 9.17) is 11.6 Å². The number of hydrogen-bond donors (Lipinski definition) is 1. The first-order chi connectivity index (χ1) is 7.24. The van der Waals surface area contributed by atoms with Crippen LogP contribution in [0.5, 0.6) is 0 Å². The molecular formula is C11H17ClN2S. The molecule has 0 bridgehead atoms. The van der Waals surface area contributed by atoms with Gasteiger partial charge in [0.2, 0.25) is 0 Å².